The Bertz CT molecular complexity index is 915. The summed E-state index contributed by atoms with van der Waals surface area (Å²) in [5, 5.41) is 12.4. The van der Waals surface area contributed by atoms with Crippen molar-refractivity contribution in [3.05, 3.63) is 64.6 Å². The summed E-state index contributed by atoms with van der Waals surface area (Å²) in [6.07, 6.45) is 4.23. The van der Waals surface area contributed by atoms with Crippen LogP contribution in [0.3, 0.4) is 0 Å². The Labute approximate surface area is 169 Å². The Kier molecular flexibility index (Phi) is 5.73. The normalized spacial score (nSPS) is 15.5. The summed E-state index contributed by atoms with van der Waals surface area (Å²) in [4.78, 5) is 16.3. The molecule has 1 aromatic carbocycles. The third kappa shape index (κ3) is 4.26. The zero-order valence-corrected chi connectivity index (χ0v) is 16.8. The molecule has 2 aromatic heterocycles. The minimum absolute atomic E-state index is 0.185. The summed E-state index contributed by atoms with van der Waals surface area (Å²) < 4.78 is 1.85. The van der Waals surface area contributed by atoms with Crippen LogP contribution in [0.15, 0.2) is 54.0 Å². The Morgan fingerprint density at radius 1 is 1.21 bits per heavy atom. The zero-order chi connectivity index (χ0) is 19.3. The molecule has 2 N–H and O–H groups in total. The fourth-order valence-corrected chi connectivity index (χ4v) is 4.52. The van der Waals surface area contributed by atoms with Crippen LogP contribution in [0.4, 0.5) is 10.5 Å². The van der Waals surface area contributed by atoms with E-state index in [1.54, 1.807) is 17.5 Å². The summed E-state index contributed by atoms with van der Waals surface area (Å²) in [6.45, 7) is 4.79. The first-order chi connectivity index (χ1) is 13.7. The van der Waals surface area contributed by atoms with Gasteiger partial charge in [-0.2, -0.15) is 5.10 Å². The van der Waals surface area contributed by atoms with Crippen LogP contribution in [0, 0.1) is 6.92 Å². The van der Waals surface area contributed by atoms with E-state index in [0.29, 0.717) is 6.54 Å². The highest BCUT2D eigenvalue weighted by Crippen LogP contribution is 2.27. The van der Waals surface area contributed by atoms with Gasteiger partial charge in [-0.3, -0.25) is 4.90 Å². The number of rotatable bonds is 6. The molecule has 1 aliphatic heterocycles. The molecule has 1 aliphatic rings. The number of hydrogen-bond donors (Lipinski definition) is 2. The molecule has 2 amide bonds. The molecule has 3 heterocycles. The molecule has 0 aliphatic carbocycles. The maximum absolute atomic E-state index is 12.5. The molecule has 0 radical (unpaired) electrons. The molecule has 146 valence electrons. The average molecular weight is 396 g/mol. The molecule has 1 saturated heterocycles. The summed E-state index contributed by atoms with van der Waals surface area (Å²) in [5.74, 6) is 0. The second kappa shape index (κ2) is 8.58. The first kappa shape index (κ1) is 18.7. The number of nitrogens with zero attached hydrogens (tertiary/aromatic N) is 3. The highest BCUT2D eigenvalue weighted by Gasteiger charge is 2.24. The van der Waals surface area contributed by atoms with Crippen LogP contribution in [0.25, 0.3) is 5.69 Å². The molecular weight excluding hydrogens is 370 g/mol. The van der Waals surface area contributed by atoms with E-state index < -0.39 is 0 Å². The summed E-state index contributed by atoms with van der Waals surface area (Å²) in [7, 11) is 0. The number of benzene rings is 1. The maximum atomic E-state index is 12.5. The van der Waals surface area contributed by atoms with E-state index >= 15 is 0 Å². The van der Waals surface area contributed by atoms with E-state index in [-0.39, 0.29) is 12.1 Å². The van der Waals surface area contributed by atoms with Crippen LogP contribution >= 0.6 is 11.3 Å². The van der Waals surface area contributed by atoms with Crippen LogP contribution in [0.1, 0.15) is 29.5 Å². The standard InChI is InChI=1S/C21H25N5OS/c1-16-9-10-23-26(16)18-7-4-6-17(14-18)24-21(27)22-15-19(20-8-5-13-28-20)25-11-2-3-12-25/h4-10,13-14,19H,2-3,11-12,15H2,1H3,(H2,22,24,27). The van der Waals surface area contributed by atoms with Crippen LogP contribution < -0.4 is 10.6 Å². The number of aryl methyl sites for hydroxylation is 1. The van der Waals surface area contributed by atoms with Gasteiger partial charge in [0.2, 0.25) is 0 Å². The molecule has 1 atom stereocenters. The quantitative estimate of drug-likeness (QED) is 0.657. The number of amides is 2. The van der Waals surface area contributed by atoms with Gasteiger partial charge in [-0.25, -0.2) is 9.48 Å². The highest BCUT2D eigenvalue weighted by atomic mass is 32.1. The molecule has 3 aromatic rings. The molecular formula is C21H25N5OS. The third-order valence-corrected chi connectivity index (χ3v) is 6.06. The van der Waals surface area contributed by atoms with E-state index in [1.807, 2.05) is 41.9 Å². The van der Waals surface area contributed by atoms with Gasteiger partial charge in [-0.15, -0.1) is 11.3 Å². The fraction of sp³-hybridized carbons (Fsp3) is 0.333. The second-order valence-electron chi connectivity index (χ2n) is 7.04. The van der Waals surface area contributed by atoms with Gasteiger partial charge < -0.3 is 10.6 Å². The average Bonchev–Trinajstić information content (AvgIpc) is 3.45. The number of nitrogens with one attached hydrogen (secondary N) is 2. The lowest BCUT2D eigenvalue weighted by atomic mass is 10.2. The first-order valence-corrected chi connectivity index (χ1v) is 10.5. The fourth-order valence-electron chi connectivity index (χ4n) is 3.66. The highest BCUT2D eigenvalue weighted by molar-refractivity contribution is 7.10. The number of carbonyl (C=O) groups is 1. The van der Waals surface area contributed by atoms with Crippen molar-refractivity contribution in [1.82, 2.24) is 20.0 Å². The Morgan fingerprint density at radius 3 is 2.79 bits per heavy atom. The van der Waals surface area contributed by atoms with Crippen molar-refractivity contribution >= 4 is 23.1 Å². The van der Waals surface area contributed by atoms with E-state index in [0.717, 1.165) is 30.2 Å². The number of aromatic nitrogens is 2. The van der Waals surface area contributed by atoms with Gasteiger partial charge in [0.05, 0.1) is 11.7 Å². The Morgan fingerprint density at radius 2 is 2.07 bits per heavy atom. The van der Waals surface area contributed by atoms with Gasteiger partial charge in [0.15, 0.2) is 0 Å². The molecule has 28 heavy (non-hydrogen) atoms. The van der Waals surface area contributed by atoms with Crippen molar-refractivity contribution in [1.29, 1.82) is 0 Å². The number of hydrogen-bond acceptors (Lipinski definition) is 4. The van der Waals surface area contributed by atoms with E-state index in [2.05, 4.69) is 38.1 Å². The maximum Gasteiger partial charge on any atom is 0.319 e. The molecule has 6 nitrogen and oxygen atoms in total. The Balaban J connectivity index is 1.39. The first-order valence-electron chi connectivity index (χ1n) is 9.64. The summed E-state index contributed by atoms with van der Waals surface area (Å²) >= 11 is 1.75. The molecule has 7 heteroatoms. The van der Waals surface area contributed by atoms with Crippen LogP contribution in [0.2, 0.25) is 0 Å². The molecule has 0 saturated carbocycles. The van der Waals surface area contributed by atoms with Gasteiger partial charge in [-0.05, 0) is 68.6 Å². The largest absolute Gasteiger partial charge is 0.336 e. The van der Waals surface area contributed by atoms with Crippen LogP contribution in [0.5, 0.6) is 0 Å². The van der Waals surface area contributed by atoms with E-state index in [1.165, 1.54) is 17.7 Å². The van der Waals surface area contributed by atoms with Crippen molar-refractivity contribution in [3.63, 3.8) is 0 Å². The lowest BCUT2D eigenvalue weighted by Crippen LogP contribution is -2.38. The molecule has 4 rings (SSSR count). The van der Waals surface area contributed by atoms with Crippen molar-refractivity contribution in [3.8, 4) is 5.69 Å². The minimum atomic E-state index is -0.185. The third-order valence-electron chi connectivity index (χ3n) is 5.09. The van der Waals surface area contributed by atoms with Gasteiger partial charge in [-0.1, -0.05) is 12.1 Å². The van der Waals surface area contributed by atoms with Gasteiger partial charge in [0, 0.05) is 29.0 Å². The van der Waals surface area contributed by atoms with Crippen molar-refractivity contribution in [2.75, 3.05) is 25.0 Å². The number of thiophene rings is 1. The van der Waals surface area contributed by atoms with Gasteiger partial charge in [0.25, 0.3) is 0 Å². The molecule has 0 spiro atoms. The molecule has 0 bridgehead atoms. The summed E-state index contributed by atoms with van der Waals surface area (Å²) in [6, 6.07) is 14.0. The number of anilines is 1. The Hall–Kier alpha value is -2.64. The lowest BCUT2D eigenvalue weighted by Gasteiger charge is -2.27. The van der Waals surface area contributed by atoms with Gasteiger partial charge in [0.1, 0.15) is 0 Å². The zero-order valence-electron chi connectivity index (χ0n) is 16.0. The van der Waals surface area contributed by atoms with E-state index in [9.17, 15) is 4.79 Å². The monoisotopic (exact) mass is 395 g/mol. The molecule has 1 fully saturated rings. The number of likely N-dealkylation sites (tertiary alicyclic amines) is 1. The predicted molar refractivity (Wildman–Crippen MR) is 113 cm³/mol. The predicted octanol–water partition coefficient (Wildman–Crippen LogP) is 4.20. The smallest absolute Gasteiger partial charge is 0.319 e. The second-order valence-corrected chi connectivity index (χ2v) is 8.02. The van der Waals surface area contributed by atoms with E-state index in [4.69, 9.17) is 0 Å². The van der Waals surface area contributed by atoms with Gasteiger partial charge >= 0.3 is 6.03 Å². The lowest BCUT2D eigenvalue weighted by molar-refractivity contribution is 0.229. The van der Waals surface area contributed by atoms with Crippen molar-refractivity contribution in [2.45, 2.75) is 25.8 Å². The molecule has 1 unspecified atom stereocenters. The topological polar surface area (TPSA) is 62.2 Å². The number of urea groups is 1. The van der Waals surface area contributed by atoms with Crippen molar-refractivity contribution < 1.29 is 4.79 Å². The van der Waals surface area contributed by atoms with Crippen molar-refractivity contribution in [2.24, 2.45) is 0 Å². The van der Waals surface area contributed by atoms with Crippen LogP contribution in [-0.2, 0) is 0 Å². The number of carbonyl (C=O) groups excluding carboxylic acids is 1. The minimum Gasteiger partial charge on any atom is -0.336 e. The van der Waals surface area contributed by atoms with Crippen LogP contribution in [-0.4, -0.2) is 40.3 Å². The summed E-state index contributed by atoms with van der Waals surface area (Å²) in [5.41, 5.74) is 2.72. The SMILES string of the molecule is Cc1ccnn1-c1cccc(NC(=O)NCC(c2cccs2)N2CCCC2)c1.